The summed E-state index contributed by atoms with van der Waals surface area (Å²) in [6.07, 6.45) is 4.32. The molecule has 1 N–H and O–H groups in total. The van der Waals surface area contributed by atoms with Gasteiger partial charge in [-0.3, -0.25) is 0 Å². The van der Waals surface area contributed by atoms with Crippen molar-refractivity contribution in [1.29, 1.82) is 0 Å². The first-order valence-electron chi connectivity index (χ1n) is 11.0. The van der Waals surface area contributed by atoms with Crippen LogP contribution in [0.25, 0.3) is 11.1 Å². The van der Waals surface area contributed by atoms with Crippen molar-refractivity contribution in [2.24, 2.45) is 5.92 Å². The third-order valence-corrected chi connectivity index (χ3v) is 7.70. The Morgan fingerprint density at radius 2 is 1.60 bits per heavy atom. The lowest BCUT2D eigenvalue weighted by Gasteiger charge is -2.52. The van der Waals surface area contributed by atoms with Crippen LogP contribution in [-0.4, -0.2) is 48.1 Å². The monoisotopic (exact) mass is 407 g/mol. The standard InChI is InChI=1S/C25H30FN3O/c1-24(17-29-15-11-20(24)12-16-29)27-23(30)28(2)25(13-14-25)21-7-3-18(4-8-21)19-5-9-22(26)10-6-19/h3-10,20H,11-17H2,1-2H3,(H,27,30). The third-order valence-electron chi connectivity index (χ3n) is 7.70. The number of piperidine rings is 3. The van der Waals surface area contributed by atoms with Crippen LogP contribution in [0.1, 0.15) is 38.2 Å². The van der Waals surface area contributed by atoms with E-state index in [9.17, 15) is 9.18 Å². The quantitative estimate of drug-likeness (QED) is 0.804. The number of hydrogen-bond acceptors (Lipinski definition) is 2. The van der Waals surface area contributed by atoms with Crippen molar-refractivity contribution in [2.45, 2.75) is 43.7 Å². The predicted molar refractivity (Wildman–Crippen MR) is 117 cm³/mol. The van der Waals surface area contributed by atoms with E-state index in [1.165, 1.54) is 30.5 Å². The second-order valence-corrected chi connectivity index (χ2v) is 9.57. The van der Waals surface area contributed by atoms with Crippen molar-refractivity contribution in [3.8, 4) is 11.1 Å². The van der Waals surface area contributed by atoms with Gasteiger partial charge in [-0.1, -0.05) is 36.4 Å². The third kappa shape index (κ3) is 3.29. The van der Waals surface area contributed by atoms with Gasteiger partial charge < -0.3 is 15.1 Å². The van der Waals surface area contributed by atoms with Gasteiger partial charge in [0.25, 0.3) is 0 Å². The van der Waals surface area contributed by atoms with Gasteiger partial charge in [-0.2, -0.15) is 0 Å². The van der Waals surface area contributed by atoms with Crippen LogP contribution in [0.15, 0.2) is 48.5 Å². The fourth-order valence-electron chi connectivity index (χ4n) is 5.54. The molecule has 158 valence electrons. The molecule has 4 nitrogen and oxygen atoms in total. The van der Waals surface area contributed by atoms with Crippen molar-refractivity contribution >= 4 is 6.03 Å². The smallest absolute Gasteiger partial charge is 0.318 e. The molecule has 1 aliphatic carbocycles. The van der Waals surface area contributed by atoms with E-state index in [0.29, 0.717) is 5.92 Å². The average molecular weight is 408 g/mol. The molecule has 2 amide bonds. The largest absolute Gasteiger partial charge is 0.331 e. The molecule has 3 aliphatic heterocycles. The Morgan fingerprint density at radius 1 is 1.03 bits per heavy atom. The van der Waals surface area contributed by atoms with E-state index in [1.54, 1.807) is 12.1 Å². The van der Waals surface area contributed by atoms with Crippen LogP contribution in [0.5, 0.6) is 0 Å². The van der Waals surface area contributed by atoms with Gasteiger partial charge in [-0.25, -0.2) is 9.18 Å². The lowest BCUT2D eigenvalue weighted by Crippen LogP contribution is -2.67. The molecule has 0 spiro atoms. The highest BCUT2D eigenvalue weighted by Gasteiger charge is 2.52. The molecule has 3 saturated heterocycles. The minimum Gasteiger partial charge on any atom is -0.331 e. The molecule has 0 radical (unpaired) electrons. The van der Waals surface area contributed by atoms with E-state index in [1.807, 2.05) is 11.9 Å². The Morgan fingerprint density at radius 3 is 2.10 bits per heavy atom. The van der Waals surface area contributed by atoms with Crippen LogP contribution >= 0.6 is 0 Å². The number of carbonyl (C=O) groups is 1. The number of urea groups is 1. The van der Waals surface area contributed by atoms with E-state index < -0.39 is 0 Å². The van der Waals surface area contributed by atoms with Gasteiger partial charge in [0.2, 0.25) is 0 Å². The molecule has 30 heavy (non-hydrogen) atoms. The zero-order valence-corrected chi connectivity index (χ0v) is 17.8. The van der Waals surface area contributed by atoms with Gasteiger partial charge in [-0.05, 0) is 80.4 Å². The van der Waals surface area contributed by atoms with Crippen LogP contribution < -0.4 is 5.32 Å². The molecular weight excluding hydrogens is 377 g/mol. The number of benzene rings is 2. The highest BCUT2D eigenvalue weighted by Crippen LogP contribution is 2.51. The van der Waals surface area contributed by atoms with Gasteiger partial charge in [0.05, 0.1) is 11.1 Å². The van der Waals surface area contributed by atoms with Crippen molar-refractivity contribution in [3.05, 3.63) is 59.9 Å². The van der Waals surface area contributed by atoms with Crippen molar-refractivity contribution in [1.82, 2.24) is 15.1 Å². The molecule has 4 aliphatic rings. The maximum Gasteiger partial charge on any atom is 0.318 e. The number of amides is 2. The van der Waals surface area contributed by atoms with Crippen molar-refractivity contribution in [2.75, 3.05) is 26.7 Å². The van der Waals surface area contributed by atoms with E-state index in [2.05, 4.69) is 41.4 Å². The van der Waals surface area contributed by atoms with Crippen molar-refractivity contribution in [3.63, 3.8) is 0 Å². The Kier molecular flexibility index (Phi) is 4.62. The SMILES string of the molecule is CN(C(=O)NC1(C)CN2CCC1CC2)C1(c2ccc(-c3ccc(F)cc3)cc2)CC1. The molecular formula is C25H30FN3O. The summed E-state index contributed by atoms with van der Waals surface area (Å²) in [6, 6.07) is 15.0. The van der Waals surface area contributed by atoms with Crippen LogP contribution in [-0.2, 0) is 5.54 Å². The summed E-state index contributed by atoms with van der Waals surface area (Å²) in [5.74, 6) is 0.349. The van der Waals surface area contributed by atoms with Gasteiger partial charge >= 0.3 is 6.03 Å². The lowest BCUT2D eigenvalue weighted by atomic mass is 9.74. The highest BCUT2D eigenvalue weighted by molar-refractivity contribution is 5.77. The van der Waals surface area contributed by atoms with E-state index in [0.717, 1.165) is 43.6 Å². The van der Waals surface area contributed by atoms with Crippen LogP contribution in [0, 0.1) is 11.7 Å². The summed E-state index contributed by atoms with van der Waals surface area (Å²) in [5, 5.41) is 3.39. The first-order chi connectivity index (χ1) is 14.4. The summed E-state index contributed by atoms with van der Waals surface area (Å²) in [5.41, 5.74) is 2.88. The minimum atomic E-state index is -0.225. The average Bonchev–Trinajstić information content (AvgIpc) is 3.56. The van der Waals surface area contributed by atoms with Gasteiger partial charge in [0.1, 0.15) is 5.82 Å². The summed E-state index contributed by atoms with van der Waals surface area (Å²) >= 11 is 0. The van der Waals surface area contributed by atoms with Gasteiger partial charge in [-0.15, -0.1) is 0 Å². The summed E-state index contributed by atoms with van der Waals surface area (Å²) in [7, 11) is 1.93. The zero-order chi connectivity index (χ0) is 20.9. The number of halogens is 1. The first kappa shape index (κ1) is 19.6. The summed E-state index contributed by atoms with van der Waals surface area (Å²) in [6.45, 7) is 5.50. The molecule has 2 aromatic carbocycles. The molecule has 2 aromatic rings. The molecule has 4 fully saturated rings. The Bertz CT molecular complexity index is 930. The van der Waals surface area contributed by atoms with Crippen LogP contribution in [0.3, 0.4) is 0 Å². The molecule has 1 atom stereocenters. The molecule has 5 heteroatoms. The minimum absolute atomic E-state index is 0.0337. The van der Waals surface area contributed by atoms with E-state index >= 15 is 0 Å². The number of nitrogens with one attached hydrogen (secondary N) is 1. The number of rotatable bonds is 4. The van der Waals surface area contributed by atoms with Crippen LogP contribution in [0.2, 0.25) is 0 Å². The lowest BCUT2D eigenvalue weighted by molar-refractivity contribution is 0.0191. The molecule has 3 heterocycles. The highest BCUT2D eigenvalue weighted by atomic mass is 19.1. The van der Waals surface area contributed by atoms with Gasteiger partial charge in [0.15, 0.2) is 0 Å². The topological polar surface area (TPSA) is 35.6 Å². The number of carbonyl (C=O) groups excluding carboxylic acids is 1. The fraction of sp³-hybridized carbons (Fsp3) is 0.480. The number of hydrogen-bond donors (Lipinski definition) is 1. The molecule has 6 rings (SSSR count). The Hall–Kier alpha value is -2.40. The molecule has 1 saturated carbocycles. The second-order valence-electron chi connectivity index (χ2n) is 9.57. The second kappa shape index (κ2) is 7.09. The van der Waals surface area contributed by atoms with E-state index in [4.69, 9.17) is 0 Å². The first-order valence-corrected chi connectivity index (χ1v) is 11.0. The summed E-state index contributed by atoms with van der Waals surface area (Å²) < 4.78 is 13.2. The van der Waals surface area contributed by atoms with Crippen molar-refractivity contribution < 1.29 is 9.18 Å². The maximum atomic E-state index is 13.2. The maximum absolute atomic E-state index is 13.2. The molecule has 0 aromatic heterocycles. The zero-order valence-electron chi connectivity index (χ0n) is 17.8. The number of fused-ring (bicyclic) bond motifs is 3. The summed E-state index contributed by atoms with van der Waals surface area (Å²) in [4.78, 5) is 17.6. The number of nitrogens with zero attached hydrogens (tertiary/aromatic N) is 2. The van der Waals surface area contributed by atoms with Gasteiger partial charge in [0, 0.05) is 13.6 Å². The van der Waals surface area contributed by atoms with E-state index in [-0.39, 0.29) is 22.9 Å². The Labute approximate surface area is 178 Å². The van der Waals surface area contributed by atoms with Crippen LogP contribution in [0.4, 0.5) is 9.18 Å². The predicted octanol–water partition coefficient (Wildman–Crippen LogP) is 4.61. The fourth-order valence-corrected chi connectivity index (χ4v) is 5.54. The normalized spacial score (nSPS) is 28.8. The molecule has 1 unspecified atom stereocenters. The Balaban J connectivity index is 1.31. The molecule has 2 bridgehead atoms.